The molecule has 172 valence electrons. The molecule has 1 aliphatic heterocycles. The largest absolute Gasteiger partial charge is 0.492 e. The zero-order valence-electron chi connectivity index (χ0n) is 18.6. The number of amides is 2. The summed E-state index contributed by atoms with van der Waals surface area (Å²) in [6, 6.07) is 22.1. The molecule has 33 heavy (non-hydrogen) atoms. The van der Waals surface area contributed by atoms with Crippen molar-refractivity contribution in [1.82, 2.24) is 15.1 Å². The Morgan fingerprint density at radius 1 is 0.909 bits per heavy atom. The predicted octanol–water partition coefficient (Wildman–Crippen LogP) is 2.84. The van der Waals surface area contributed by atoms with Crippen LogP contribution in [0.25, 0.3) is 0 Å². The number of hydrogen-bond donors (Lipinski definition) is 1. The lowest BCUT2D eigenvalue weighted by atomic mass is 10.0. The van der Waals surface area contributed by atoms with Gasteiger partial charge in [0.05, 0.1) is 6.26 Å². The van der Waals surface area contributed by atoms with Crippen LogP contribution in [0.3, 0.4) is 0 Å². The number of ether oxygens (including phenoxy) is 1. The predicted molar refractivity (Wildman–Crippen MR) is 125 cm³/mol. The highest BCUT2D eigenvalue weighted by molar-refractivity contribution is 5.95. The SMILES string of the molecule is O=C(NC(Cc1ccccc1)C(=O)N1CCN(CCOc2ccccc2)CC1)c1ccco1. The number of carbonyl (C=O) groups is 2. The van der Waals surface area contributed by atoms with E-state index in [0.29, 0.717) is 26.1 Å². The molecule has 3 aromatic rings. The summed E-state index contributed by atoms with van der Waals surface area (Å²) >= 11 is 0. The van der Waals surface area contributed by atoms with Crippen molar-refractivity contribution in [2.75, 3.05) is 39.3 Å². The molecule has 2 heterocycles. The van der Waals surface area contributed by atoms with Gasteiger partial charge in [0.1, 0.15) is 18.4 Å². The van der Waals surface area contributed by atoms with Crippen molar-refractivity contribution < 1.29 is 18.7 Å². The van der Waals surface area contributed by atoms with Crippen molar-refractivity contribution in [3.8, 4) is 5.75 Å². The lowest BCUT2D eigenvalue weighted by molar-refractivity contribution is -0.135. The molecule has 0 spiro atoms. The van der Waals surface area contributed by atoms with Gasteiger partial charge in [0.15, 0.2) is 5.76 Å². The second-order valence-corrected chi connectivity index (χ2v) is 8.02. The number of nitrogens with one attached hydrogen (secondary N) is 1. The number of furan rings is 1. The van der Waals surface area contributed by atoms with Gasteiger partial charge in [-0.2, -0.15) is 0 Å². The Morgan fingerprint density at radius 2 is 1.61 bits per heavy atom. The molecule has 0 aliphatic carbocycles. The van der Waals surface area contributed by atoms with Crippen LogP contribution < -0.4 is 10.1 Å². The van der Waals surface area contributed by atoms with Crippen molar-refractivity contribution in [1.29, 1.82) is 0 Å². The lowest BCUT2D eigenvalue weighted by Gasteiger charge is -2.36. The van der Waals surface area contributed by atoms with Crippen LogP contribution in [0.2, 0.25) is 0 Å². The number of nitrogens with zero attached hydrogens (tertiary/aromatic N) is 2. The number of hydrogen-bond acceptors (Lipinski definition) is 5. The molecule has 1 N–H and O–H groups in total. The third kappa shape index (κ3) is 6.46. The van der Waals surface area contributed by atoms with Gasteiger partial charge in [0.2, 0.25) is 5.91 Å². The normalized spacial score (nSPS) is 15.1. The van der Waals surface area contributed by atoms with Gasteiger partial charge >= 0.3 is 0 Å². The summed E-state index contributed by atoms with van der Waals surface area (Å²) in [5.41, 5.74) is 0.993. The zero-order valence-corrected chi connectivity index (χ0v) is 18.6. The van der Waals surface area contributed by atoms with E-state index in [1.807, 2.05) is 65.6 Å². The van der Waals surface area contributed by atoms with E-state index in [1.54, 1.807) is 12.1 Å². The lowest BCUT2D eigenvalue weighted by Crippen LogP contribution is -2.55. The van der Waals surface area contributed by atoms with E-state index >= 15 is 0 Å². The summed E-state index contributed by atoms with van der Waals surface area (Å²) < 4.78 is 11.0. The Bertz CT molecular complexity index is 1000. The second-order valence-electron chi connectivity index (χ2n) is 8.02. The first-order chi connectivity index (χ1) is 16.2. The van der Waals surface area contributed by atoms with Gasteiger partial charge in [-0.3, -0.25) is 14.5 Å². The molecule has 7 nitrogen and oxygen atoms in total. The van der Waals surface area contributed by atoms with Crippen molar-refractivity contribution in [2.24, 2.45) is 0 Å². The van der Waals surface area contributed by atoms with Crippen LogP contribution >= 0.6 is 0 Å². The highest BCUT2D eigenvalue weighted by Gasteiger charge is 2.29. The van der Waals surface area contributed by atoms with Crippen molar-refractivity contribution >= 4 is 11.8 Å². The minimum absolute atomic E-state index is 0.0704. The topological polar surface area (TPSA) is 75.0 Å². The van der Waals surface area contributed by atoms with E-state index in [2.05, 4.69) is 10.2 Å². The molecular weight excluding hydrogens is 418 g/mol. The van der Waals surface area contributed by atoms with Crippen LogP contribution in [0, 0.1) is 0 Å². The Balaban J connectivity index is 1.31. The van der Waals surface area contributed by atoms with E-state index in [0.717, 1.165) is 30.9 Å². The fourth-order valence-corrected chi connectivity index (χ4v) is 3.91. The monoisotopic (exact) mass is 447 g/mol. The fourth-order valence-electron chi connectivity index (χ4n) is 3.91. The summed E-state index contributed by atoms with van der Waals surface area (Å²) in [7, 11) is 0. The first kappa shape index (κ1) is 22.6. The minimum Gasteiger partial charge on any atom is -0.492 e. The molecule has 1 unspecified atom stereocenters. The van der Waals surface area contributed by atoms with E-state index in [-0.39, 0.29) is 17.6 Å². The maximum atomic E-state index is 13.4. The summed E-state index contributed by atoms with van der Waals surface area (Å²) in [5.74, 6) is 0.608. The molecule has 0 radical (unpaired) electrons. The number of para-hydroxylation sites is 1. The second kappa shape index (κ2) is 11.3. The average Bonchev–Trinajstić information content (AvgIpc) is 3.40. The maximum absolute atomic E-state index is 13.4. The third-order valence-electron chi connectivity index (χ3n) is 5.73. The van der Waals surface area contributed by atoms with E-state index in [4.69, 9.17) is 9.15 Å². The van der Waals surface area contributed by atoms with Crippen LogP contribution in [-0.4, -0.2) is 67.0 Å². The van der Waals surface area contributed by atoms with E-state index in [9.17, 15) is 9.59 Å². The van der Waals surface area contributed by atoms with Crippen molar-refractivity contribution in [3.05, 3.63) is 90.4 Å². The van der Waals surface area contributed by atoms with Gasteiger partial charge in [-0.25, -0.2) is 0 Å². The molecule has 1 aromatic heterocycles. The van der Waals surface area contributed by atoms with Gasteiger partial charge in [-0.1, -0.05) is 48.5 Å². The fraction of sp³-hybridized carbons (Fsp3) is 0.308. The number of rotatable bonds is 9. The molecule has 2 aromatic carbocycles. The summed E-state index contributed by atoms with van der Waals surface area (Å²) in [6.45, 7) is 4.19. The summed E-state index contributed by atoms with van der Waals surface area (Å²) in [4.78, 5) is 30.1. The van der Waals surface area contributed by atoms with Crippen LogP contribution in [0.15, 0.2) is 83.5 Å². The van der Waals surface area contributed by atoms with E-state index in [1.165, 1.54) is 6.26 Å². The minimum atomic E-state index is -0.655. The molecule has 0 saturated carbocycles. The Morgan fingerprint density at radius 3 is 2.27 bits per heavy atom. The molecule has 4 rings (SSSR count). The average molecular weight is 448 g/mol. The quantitative estimate of drug-likeness (QED) is 0.546. The maximum Gasteiger partial charge on any atom is 0.287 e. The van der Waals surface area contributed by atoms with Crippen LogP contribution in [0.1, 0.15) is 16.1 Å². The Kier molecular flexibility index (Phi) is 7.76. The smallest absolute Gasteiger partial charge is 0.287 e. The molecule has 2 amide bonds. The first-order valence-electron chi connectivity index (χ1n) is 11.3. The Labute approximate surface area is 193 Å². The van der Waals surface area contributed by atoms with Gasteiger partial charge in [-0.15, -0.1) is 0 Å². The van der Waals surface area contributed by atoms with Crippen LogP contribution in [-0.2, 0) is 11.2 Å². The first-order valence-corrected chi connectivity index (χ1v) is 11.3. The highest BCUT2D eigenvalue weighted by atomic mass is 16.5. The molecule has 1 fully saturated rings. The van der Waals surface area contributed by atoms with Crippen LogP contribution in [0.4, 0.5) is 0 Å². The van der Waals surface area contributed by atoms with Crippen molar-refractivity contribution in [3.63, 3.8) is 0 Å². The Hall–Kier alpha value is -3.58. The van der Waals surface area contributed by atoms with Gasteiger partial charge < -0.3 is 19.4 Å². The molecule has 1 saturated heterocycles. The van der Waals surface area contributed by atoms with Gasteiger partial charge in [0, 0.05) is 39.1 Å². The standard InChI is InChI=1S/C26H29N3O4/c30-25(24-12-7-18-33-24)27-23(20-21-8-3-1-4-9-21)26(31)29-15-13-28(14-16-29)17-19-32-22-10-5-2-6-11-22/h1-12,18,23H,13-17,19-20H2,(H,27,30). The van der Waals surface area contributed by atoms with E-state index < -0.39 is 6.04 Å². The third-order valence-corrected chi connectivity index (χ3v) is 5.73. The molecule has 7 heteroatoms. The molecule has 1 atom stereocenters. The molecular formula is C26H29N3O4. The number of benzene rings is 2. The zero-order chi connectivity index (χ0) is 22.9. The number of carbonyl (C=O) groups excluding carboxylic acids is 2. The van der Waals surface area contributed by atoms with Crippen LogP contribution in [0.5, 0.6) is 5.75 Å². The molecule has 0 bridgehead atoms. The molecule has 1 aliphatic rings. The van der Waals surface area contributed by atoms with Crippen molar-refractivity contribution in [2.45, 2.75) is 12.5 Å². The van der Waals surface area contributed by atoms with Gasteiger partial charge in [0.25, 0.3) is 5.91 Å². The summed E-state index contributed by atoms with van der Waals surface area (Å²) in [6.07, 6.45) is 1.88. The number of piperazine rings is 1. The van der Waals surface area contributed by atoms with Gasteiger partial charge in [-0.05, 0) is 29.8 Å². The summed E-state index contributed by atoms with van der Waals surface area (Å²) in [5, 5.41) is 2.87. The highest BCUT2D eigenvalue weighted by Crippen LogP contribution is 2.12.